The summed E-state index contributed by atoms with van der Waals surface area (Å²) < 4.78 is 24.1. The van der Waals surface area contributed by atoms with Crippen LogP contribution in [0, 0.1) is 50.2 Å². The summed E-state index contributed by atoms with van der Waals surface area (Å²) >= 11 is 0. The Morgan fingerprint density at radius 3 is 2.17 bits per heavy atom. The SMILES string of the molecule is CC(=O)NC1C(OC2CCC3(C)C(CCC4(C)C3CC=C3C5CC(C)(C)C(O)CC5(C(=O)O)C(O)CC34C)C2(C)C)OC(COC2OCC(O)C(O)C2O)C(O)C1O. The number of aliphatic hydroxyl groups is 7. The predicted molar refractivity (Wildman–Crippen MR) is 206 cm³/mol. The van der Waals surface area contributed by atoms with E-state index in [-0.39, 0.29) is 48.4 Å². The number of nitrogens with one attached hydrogen (secondary N) is 1. The van der Waals surface area contributed by atoms with E-state index in [1.807, 2.05) is 13.8 Å². The lowest BCUT2D eigenvalue weighted by Crippen LogP contribution is -2.69. The zero-order chi connectivity index (χ0) is 42.7. The summed E-state index contributed by atoms with van der Waals surface area (Å²) in [6.45, 7) is 16.0. The minimum absolute atomic E-state index is 0.0224. The Bertz CT molecular complexity index is 1620. The highest BCUT2D eigenvalue weighted by Gasteiger charge is 2.72. The van der Waals surface area contributed by atoms with Gasteiger partial charge in [-0.2, -0.15) is 0 Å². The number of allylic oxidation sites excluding steroid dienone is 2. The van der Waals surface area contributed by atoms with Gasteiger partial charge in [-0.15, -0.1) is 0 Å². The van der Waals surface area contributed by atoms with Gasteiger partial charge in [0.1, 0.15) is 48.1 Å². The number of fused-ring (bicyclic) bond motifs is 7. The monoisotopic (exact) mass is 823 g/mol. The zero-order valence-electron chi connectivity index (χ0n) is 35.3. The summed E-state index contributed by atoms with van der Waals surface area (Å²) in [4.78, 5) is 25.5. The first-order valence-electron chi connectivity index (χ1n) is 21.4. The van der Waals surface area contributed by atoms with E-state index in [9.17, 15) is 50.4 Å². The third kappa shape index (κ3) is 6.55. The third-order valence-corrected chi connectivity index (χ3v) is 17.5. The van der Waals surface area contributed by atoms with Gasteiger partial charge >= 0.3 is 5.97 Å². The molecule has 2 aliphatic heterocycles. The average molecular weight is 824 g/mol. The number of carboxylic acid groups (broad SMARTS) is 1. The molecular formula is C43H69NO14. The molecule has 58 heavy (non-hydrogen) atoms. The van der Waals surface area contributed by atoms with E-state index >= 15 is 0 Å². The molecule has 0 aromatic rings. The number of aliphatic hydroxyl groups excluding tert-OH is 7. The fraction of sp³-hybridized carbons (Fsp3) is 0.907. The lowest BCUT2D eigenvalue weighted by atomic mass is 9.33. The van der Waals surface area contributed by atoms with E-state index < -0.39 is 107 Å². The smallest absolute Gasteiger partial charge is 0.312 e. The number of hydrogen-bond acceptors (Lipinski definition) is 13. The Morgan fingerprint density at radius 2 is 1.52 bits per heavy atom. The highest BCUT2D eigenvalue weighted by Crippen LogP contribution is 2.76. The van der Waals surface area contributed by atoms with Crippen LogP contribution >= 0.6 is 0 Å². The Kier molecular flexibility index (Phi) is 11.4. The summed E-state index contributed by atoms with van der Waals surface area (Å²) in [6.07, 6.45) is -6.32. The first-order valence-corrected chi connectivity index (χ1v) is 21.4. The Morgan fingerprint density at radius 1 is 0.828 bits per heavy atom. The summed E-state index contributed by atoms with van der Waals surface area (Å²) in [5.41, 5.74) is -2.12. The van der Waals surface area contributed by atoms with Crippen LogP contribution in [0.4, 0.5) is 0 Å². The molecule has 7 rings (SSSR count). The van der Waals surface area contributed by atoms with E-state index in [4.69, 9.17) is 18.9 Å². The van der Waals surface area contributed by atoms with Gasteiger partial charge in [0, 0.05) is 6.92 Å². The fourth-order valence-electron chi connectivity index (χ4n) is 13.8. The van der Waals surface area contributed by atoms with Gasteiger partial charge in [0.25, 0.3) is 0 Å². The summed E-state index contributed by atoms with van der Waals surface area (Å²) in [5, 5.41) is 89.4. The number of ether oxygens (including phenoxy) is 4. The van der Waals surface area contributed by atoms with Gasteiger partial charge in [-0.3, -0.25) is 9.59 Å². The van der Waals surface area contributed by atoms with Crippen molar-refractivity contribution >= 4 is 11.9 Å². The van der Waals surface area contributed by atoms with Crippen molar-refractivity contribution in [3.05, 3.63) is 11.6 Å². The third-order valence-electron chi connectivity index (χ3n) is 17.5. The molecule has 15 nitrogen and oxygen atoms in total. The van der Waals surface area contributed by atoms with Crippen molar-refractivity contribution < 1.29 is 69.4 Å². The number of carbonyl (C=O) groups is 2. The van der Waals surface area contributed by atoms with E-state index in [1.54, 1.807) is 0 Å². The molecule has 0 bridgehead atoms. The Labute approximate surface area is 341 Å². The molecule has 1 amide bonds. The molecule has 2 heterocycles. The van der Waals surface area contributed by atoms with Crippen LogP contribution in [-0.4, -0.2) is 140 Å². The van der Waals surface area contributed by atoms with Crippen LogP contribution in [0.2, 0.25) is 0 Å². The van der Waals surface area contributed by atoms with E-state index in [2.05, 4.69) is 46.0 Å². The molecule has 330 valence electrons. The number of rotatable bonds is 7. The summed E-state index contributed by atoms with van der Waals surface area (Å²) in [7, 11) is 0. The molecule has 19 atom stereocenters. The minimum Gasteiger partial charge on any atom is -0.481 e. The zero-order valence-corrected chi connectivity index (χ0v) is 35.3. The van der Waals surface area contributed by atoms with Crippen LogP contribution in [0.25, 0.3) is 0 Å². The normalized spacial score (nSPS) is 52.2. The second-order valence-electron chi connectivity index (χ2n) is 21.1. The topological polar surface area (TPSA) is 245 Å². The summed E-state index contributed by atoms with van der Waals surface area (Å²) in [5.74, 6) is -1.48. The van der Waals surface area contributed by atoms with Crippen LogP contribution in [0.15, 0.2) is 11.6 Å². The maximum Gasteiger partial charge on any atom is 0.312 e. The lowest BCUT2D eigenvalue weighted by molar-refractivity contribution is -0.322. The molecule has 0 aromatic carbocycles. The fourth-order valence-corrected chi connectivity index (χ4v) is 13.8. The van der Waals surface area contributed by atoms with Gasteiger partial charge in [0.2, 0.25) is 5.91 Å². The number of carbonyl (C=O) groups excluding carboxylic acids is 1. The maximum atomic E-state index is 13.2. The van der Waals surface area contributed by atoms with E-state index in [0.29, 0.717) is 19.3 Å². The maximum absolute atomic E-state index is 13.2. The molecule has 19 unspecified atom stereocenters. The molecule has 15 heteroatoms. The molecule has 0 aromatic heterocycles. The highest BCUT2D eigenvalue weighted by atomic mass is 16.7. The van der Waals surface area contributed by atoms with Crippen molar-refractivity contribution in [1.82, 2.24) is 5.32 Å². The van der Waals surface area contributed by atoms with Gasteiger partial charge in [0.15, 0.2) is 12.6 Å². The van der Waals surface area contributed by atoms with Crippen LogP contribution in [-0.2, 0) is 28.5 Å². The summed E-state index contributed by atoms with van der Waals surface area (Å²) in [6, 6.07) is -1.11. The highest BCUT2D eigenvalue weighted by molar-refractivity contribution is 5.78. The number of amides is 1. The van der Waals surface area contributed by atoms with Crippen LogP contribution in [0.1, 0.15) is 107 Å². The second-order valence-corrected chi connectivity index (χ2v) is 21.1. The quantitative estimate of drug-likeness (QED) is 0.131. The van der Waals surface area contributed by atoms with Crippen molar-refractivity contribution in [3.8, 4) is 0 Å². The average Bonchev–Trinajstić information content (AvgIpc) is 3.12. The molecule has 9 N–H and O–H groups in total. The largest absolute Gasteiger partial charge is 0.481 e. The first kappa shape index (κ1) is 44.3. The number of aliphatic carboxylic acids is 1. The minimum atomic E-state index is -1.56. The molecule has 2 saturated heterocycles. The molecular weight excluding hydrogens is 754 g/mol. The first-order chi connectivity index (χ1) is 26.9. The number of carboxylic acids is 1. The van der Waals surface area contributed by atoms with Gasteiger partial charge in [-0.1, -0.05) is 60.1 Å². The van der Waals surface area contributed by atoms with Crippen LogP contribution in [0.5, 0.6) is 0 Å². The van der Waals surface area contributed by atoms with Crippen LogP contribution in [0.3, 0.4) is 0 Å². The van der Waals surface area contributed by atoms with E-state index in [1.165, 1.54) is 6.92 Å². The molecule has 0 radical (unpaired) electrons. The number of hydrogen-bond donors (Lipinski definition) is 9. The van der Waals surface area contributed by atoms with Gasteiger partial charge in [-0.05, 0) is 96.2 Å². The molecule has 5 aliphatic carbocycles. The molecule has 6 fully saturated rings. The lowest BCUT2D eigenvalue weighted by Gasteiger charge is -2.72. The van der Waals surface area contributed by atoms with Crippen molar-refractivity contribution in [1.29, 1.82) is 0 Å². The van der Waals surface area contributed by atoms with Crippen molar-refractivity contribution in [3.63, 3.8) is 0 Å². The van der Waals surface area contributed by atoms with Gasteiger partial charge in [-0.25, -0.2) is 0 Å². The van der Waals surface area contributed by atoms with Crippen molar-refractivity contribution in [2.75, 3.05) is 13.2 Å². The standard InChI is InChI=1S/C43H69NO14/c1-20(45)44-30-33(51)32(50)24(19-56-36-34(52)31(49)23(46)18-55-36)57-35(30)58-29-12-13-40(6)25(39(29,4)5)11-14-41(7)26(40)10-9-21-22-15-38(2,3)27(47)17-43(22,37(53)54)28(48)16-42(21,41)8/h9,22-36,46-52H,10-19H2,1-8H3,(H,44,45)(H,53,54). The van der Waals surface area contributed by atoms with Gasteiger partial charge in [0.05, 0.1) is 31.5 Å². The van der Waals surface area contributed by atoms with Crippen molar-refractivity contribution in [2.24, 2.45) is 50.2 Å². The Hall–Kier alpha value is -1.76. The van der Waals surface area contributed by atoms with Crippen molar-refractivity contribution in [2.45, 2.75) is 180 Å². The molecule has 0 spiro atoms. The van der Waals surface area contributed by atoms with Crippen LogP contribution < -0.4 is 5.32 Å². The predicted octanol–water partition coefficient (Wildman–Crippen LogP) is 1.61. The Balaban J connectivity index is 1.13. The van der Waals surface area contributed by atoms with Gasteiger partial charge < -0.3 is 65.1 Å². The second kappa shape index (κ2) is 15.0. The molecule has 4 saturated carbocycles. The van der Waals surface area contributed by atoms with E-state index in [0.717, 1.165) is 31.3 Å². The molecule has 7 aliphatic rings.